The van der Waals surface area contributed by atoms with Gasteiger partial charge in [0.2, 0.25) is 0 Å². The van der Waals surface area contributed by atoms with Crippen LogP contribution >= 0.6 is 0 Å². The zero-order valence-electron chi connectivity index (χ0n) is 14.2. The molecule has 0 amide bonds. The Bertz CT molecular complexity index is 865. The predicted molar refractivity (Wildman–Crippen MR) is 98.2 cm³/mol. The number of rotatable bonds is 6. The monoisotopic (exact) mass is 336 g/mol. The minimum atomic E-state index is 0.261. The first kappa shape index (κ1) is 16.6. The van der Waals surface area contributed by atoms with E-state index in [0.717, 1.165) is 22.4 Å². The number of benzene rings is 2. The quantitative estimate of drug-likeness (QED) is 0.710. The number of ether oxygens (including phenoxy) is 2. The van der Waals surface area contributed by atoms with Crippen molar-refractivity contribution in [1.29, 1.82) is 0 Å². The zero-order chi connectivity index (χ0) is 17.6. The highest BCUT2D eigenvalue weighted by molar-refractivity contribution is 5.69. The molecule has 5 nitrogen and oxygen atoms in total. The van der Waals surface area contributed by atoms with E-state index < -0.39 is 0 Å². The lowest BCUT2D eigenvalue weighted by Gasteiger charge is -2.11. The van der Waals surface area contributed by atoms with Crippen molar-refractivity contribution in [1.82, 2.24) is 4.98 Å². The summed E-state index contributed by atoms with van der Waals surface area (Å²) in [6, 6.07) is 15.0. The Balaban J connectivity index is 1.79. The van der Waals surface area contributed by atoms with Crippen LogP contribution in [0.3, 0.4) is 0 Å². The van der Waals surface area contributed by atoms with Crippen molar-refractivity contribution in [3.05, 3.63) is 66.5 Å². The summed E-state index contributed by atoms with van der Waals surface area (Å²) in [7, 11) is 3.23. The fourth-order valence-corrected chi connectivity index (χ4v) is 2.58. The van der Waals surface area contributed by atoms with E-state index in [4.69, 9.17) is 9.47 Å². The SMILES string of the molecule is COc1ccc(-c2cncc(NCc3cccc(O)c3)c2)cc1OC. The molecule has 0 aliphatic carbocycles. The lowest BCUT2D eigenvalue weighted by atomic mass is 10.1. The molecule has 3 rings (SSSR count). The van der Waals surface area contributed by atoms with E-state index in [2.05, 4.69) is 10.3 Å². The number of aromatic nitrogens is 1. The summed E-state index contributed by atoms with van der Waals surface area (Å²) in [5.74, 6) is 1.63. The molecule has 3 aromatic rings. The molecule has 0 radical (unpaired) electrons. The van der Waals surface area contributed by atoms with Gasteiger partial charge >= 0.3 is 0 Å². The summed E-state index contributed by atoms with van der Waals surface area (Å²) in [6.07, 6.45) is 3.58. The fourth-order valence-electron chi connectivity index (χ4n) is 2.58. The number of anilines is 1. The van der Waals surface area contributed by atoms with E-state index >= 15 is 0 Å². The summed E-state index contributed by atoms with van der Waals surface area (Å²) in [6.45, 7) is 0.603. The van der Waals surface area contributed by atoms with Gasteiger partial charge in [-0.3, -0.25) is 4.98 Å². The van der Waals surface area contributed by atoms with Crippen molar-refractivity contribution >= 4 is 5.69 Å². The molecule has 128 valence electrons. The molecule has 0 saturated carbocycles. The molecular formula is C20H20N2O3. The van der Waals surface area contributed by atoms with Gasteiger partial charge < -0.3 is 19.9 Å². The molecule has 1 aromatic heterocycles. The van der Waals surface area contributed by atoms with Gasteiger partial charge in [-0.25, -0.2) is 0 Å². The van der Waals surface area contributed by atoms with E-state index in [1.54, 1.807) is 38.7 Å². The minimum absolute atomic E-state index is 0.261. The van der Waals surface area contributed by atoms with Gasteiger partial charge in [-0.1, -0.05) is 18.2 Å². The Morgan fingerprint density at radius 3 is 2.52 bits per heavy atom. The Labute approximate surface area is 146 Å². The number of phenolic OH excluding ortho intramolecular Hbond substituents is 1. The number of hydrogen-bond acceptors (Lipinski definition) is 5. The van der Waals surface area contributed by atoms with Crippen molar-refractivity contribution in [2.75, 3.05) is 19.5 Å². The number of methoxy groups -OCH3 is 2. The molecule has 0 bridgehead atoms. The summed E-state index contributed by atoms with van der Waals surface area (Å²) < 4.78 is 10.6. The average molecular weight is 336 g/mol. The minimum Gasteiger partial charge on any atom is -0.508 e. The molecule has 0 saturated heterocycles. The number of hydrogen-bond donors (Lipinski definition) is 2. The molecule has 0 spiro atoms. The Morgan fingerprint density at radius 2 is 1.76 bits per heavy atom. The average Bonchev–Trinajstić information content (AvgIpc) is 2.66. The Kier molecular flexibility index (Phi) is 5.04. The highest BCUT2D eigenvalue weighted by Gasteiger charge is 2.07. The Morgan fingerprint density at radius 1 is 0.920 bits per heavy atom. The van der Waals surface area contributed by atoms with E-state index in [1.165, 1.54) is 0 Å². The first-order chi connectivity index (χ1) is 12.2. The smallest absolute Gasteiger partial charge is 0.161 e. The van der Waals surface area contributed by atoms with E-state index in [9.17, 15) is 5.11 Å². The first-order valence-corrected chi connectivity index (χ1v) is 7.89. The third-order valence-electron chi connectivity index (χ3n) is 3.86. The second-order valence-corrected chi connectivity index (χ2v) is 5.56. The summed E-state index contributed by atoms with van der Waals surface area (Å²) in [5.41, 5.74) is 3.86. The normalized spacial score (nSPS) is 10.3. The number of pyridine rings is 1. The van der Waals surface area contributed by atoms with Crippen LogP contribution in [-0.2, 0) is 6.54 Å². The Hall–Kier alpha value is -3.21. The number of phenols is 1. The zero-order valence-corrected chi connectivity index (χ0v) is 14.2. The molecule has 0 aliphatic heterocycles. The summed E-state index contributed by atoms with van der Waals surface area (Å²) >= 11 is 0. The van der Waals surface area contributed by atoms with Crippen LogP contribution in [0.25, 0.3) is 11.1 Å². The number of nitrogens with one attached hydrogen (secondary N) is 1. The third-order valence-corrected chi connectivity index (χ3v) is 3.86. The second kappa shape index (κ2) is 7.57. The number of nitrogens with zero attached hydrogens (tertiary/aromatic N) is 1. The van der Waals surface area contributed by atoms with Gasteiger partial charge in [-0.2, -0.15) is 0 Å². The largest absolute Gasteiger partial charge is 0.508 e. The van der Waals surface area contributed by atoms with Crippen LogP contribution in [0.15, 0.2) is 60.9 Å². The molecule has 2 aromatic carbocycles. The van der Waals surface area contributed by atoms with Crippen molar-refractivity contribution in [3.63, 3.8) is 0 Å². The molecule has 25 heavy (non-hydrogen) atoms. The molecular weight excluding hydrogens is 316 g/mol. The lowest BCUT2D eigenvalue weighted by molar-refractivity contribution is 0.355. The van der Waals surface area contributed by atoms with Gasteiger partial charge in [0.15, 0.2) is 11.5 Å². The van der Waals surface area contributed by atoms with Crippen LogP contribution in [-0.4, -0.2) is 24.3 Å². The lowest BCUT2D eigenvalue weighted by Crippen LogP contribution is -2.00. The standard InChI is InChI=1S/C20H20N2O3/c1-24-19-7-6-15(10-20(19)25-2)16-9-17(13-21-12-16)22-11-14-4-3-5-18(23)8-14/h3-10,12-13,22-23H,11H2,1-2H3. The van der Waals surface area contributed by atoms with Gasteiger partial charge in [-0.15, -0.1) is 0 Å². The van der Waals surface area contributed by atoms with Crippen LogP contribution in [0.1, 0.15) is 5.56 Å². The summed E-state index contributed by atoms with van der Waals surface area (Å²) in [4.78, 5) is 4.30. The first-order valence-electron chi connectivity index (χ1n) is 7.89. The van der Waals surface area contributed by atoms with Gasteiger partial charge in [0, 0.05) is 24.5 Å². The molecule has 2 N–H and O–H groups in total. The molecule has 0 unspecified atom stereocenters. The van der Waals surface area contributed by atoms with E-state index in [1.807, 2.05) is 36.4 Å². The topological polar surface area (TPSA) is 63.6 Å². The molecule has 1 heterocycles. The van der Waals surface area contributed by atoms with Crippen LogP contribution in [0.5, 0.6) is 17.2 Å². The predicted octanol–water partition coefficient (Wildman–Crippen LogP) is 4.08. The van der Waals surface area contributed by atoms with Gasteiger partial charge in [0.1, 0.15) is 5.75 Å². The van der Waals surface area contributed by atoms with Crippen molar-refractivity contribution in [3.8, 4) is 28.4 Å². The maximum absolute atomic E-state index is 9.53. The third kappa shape index (κ3) is 4.01. The summed E-state index contributed by atoms with van der Waals surface area (Å²) in [5, 5.41) is 12.9. The van der Waals surface area contributed by atoms with Crippen LogP contribution in [0.2, 0.25) is 0 Å². The van der Waals surface area contributed by atoms with Gasteiger partial charge in [0.25, 0.3) is 0 Å². The highest BCUT2D eigenvalue weighted by atomic mass is 16.5. The molecule has 0 fully saturated rings. The van der Waals surface area contributed by atoms with E-state index in [0.29, 0.717) is 18.0 Å². The maximum atomic E-state index is 9.53. The second-order valence-electron chi connectivity index (χ2n) is 5.56. The molecule has 5 heteroatoms. The van der Waals surface area contributed by atoms with Crippen molar-refractivity contribution < 1.29 is 14.6 Å². The van der Waals surface area contributed by atoms with Crippen LogP contribution in [0, 0.1) is 0 Å². The fraction of sp³-hybridized carbons (Fsp3) is 0.150. The van der Waals surface area contributed by atoms with Gasteiger partial charge in [0.05, 0.1) is 19.9 Å². The van der Waals surface area contributed by atoms with Gasteiger partial charge in [-0.05, 0) is 41.5 Å². The van der Waals surface area contributed by atoms with Crippen LogP contribution in [0.4, 0.5) is 5.69 Å². The van der Waals surface area contributed by atoms with E-state index in [-0.39, 0.29) is 5.75 Å². The van der Waals surface area contributed by atoms with Crippen molar-refractivity contribution in [2.24, 2.45) is 0 Å². The maximum Gasteiger partial charge on any atom is 0.161 e. The molecule has 0 atom stereocenters. The molecule has 0 aliphatic rings. The number of aromatic hydroxyl groups is 1. The highest BCUT2D eigenvalue weighted by Crippen LogP contribution is 2.32. The van der Waals surface area contributed by atoms with Crippen molar-refractivity contribution in [2.45, 2.75) is 6.54 Å². The van der Waals surface area contributed by atoms with Crippen LogP contribution < -0.4 is 14.8 Å².